The van der Waals surface area contributed by atoms with Crippen LogP contribution in [-0.4, -0.2) is 22.0 Å². The molecule has 4 nitrogen and oxygen atoms in total. The predicted octanol–water partition coefficient (Wildman–Crippen LogP) is 1.95. The van der Waals surface area contributed by atoms with E-state index in [-0.39, 0.29) is 11.9 Å². The molecule has 2 aromatic rings. The molecular weight excluding hydrogens is 219 g/mol. The van der Waals surface area contributed by atoms with Gasteiger partial charge in [0.05, 0.1) is 12.2 Å². The largest absolute Gasteiger partial charge is 0.305 e. The van der Waals surface area contributed by atoms with E-state index in [9.17, 15) is 4.39 Å². The lowest BCUT2D eigenvalue weighted by molar-refractivity contribution is 0.590. The zero-order valence-corrected chi connectivity index (χ0v) is 9.87. The zero-order valence-electron chi connectivity index (χ0n) is 9.87. The molecule has 90 valence electrons. The summed E-state index contributed by atoms with van der Waals surface area (Å²) in [7, 11) is 0. The van der Waals surface area contributed by atoms with Gasteiger partial charge in [0.2, 0.25) is 0 Å². The molecule has 2 rings (SSSR count). The molecule has 0 bridgehead atoms. The van der Waals surface area contributed by atoms with Crippen LogP contribution in [0.2, 0.25) is 0 Å². The molecule has 0 fully saturated rings. The maximum absolute atomic E-state index is 13.5. The number of aromatic nitrogens is 3. The van der Waals surface area contributed by atoms with Crippen LogP contribution >= 0.6 is 0 Å². The number of halogens is 1. The summed E-state index contributed by atoms with van der Waals surface area (Å²) in [5.74, 6) is -0.200. The Morgan fingerprint density at radius 2 is 2.29 bits per heavy atom. The van der Waals surface area contributed by atoms with Gasteiger partial charge in [0, 0.05) is 0 Å². The summed E-state index contributed by atoms with van der Waals surface area (Å²) in [5, 5.41) is 13.7. The summed E-state index contributed by atoms with van der Waals surface area (Å²) in [5.41, 5.74) is 2.25. The Bertz CT molecular complexity index is 481. The number of nitrogens with zero attached hydrogens (tertiary/aromatic N) is 2. The Morgan fingerprint density at radius 3 is 2.88 bits per heavy atom. The minimum atomic E-state index is -0.200. The van der Waals surface area contributed by atoms with E-state index in [1.807, 2.05) is 13.0 Å². The van der Waals surface area contributed by atoms with Gasteiger partial charge >= 0.3 is 0 Å². The lowest BCUT2D eigenvalue weighted by atomic mass is 10.0. The van der Waals surface area contributed by atoms with Gasteiger partial charge in [-0.15, -0.1) is 0 Å². The maximum Gasteiger partial charge on any atom is 0.126 e. The second-order valence-electron chi connectivity index (χ2n) is 3.89. The Morgan fingerprint density at radius 1 is 1.47 bits per heavy atom. The van der Waals surface area contributed by atoms with E-state index in [1.165, 1.54) is 6.07 Å². The first-order valence-corrected chi connectivity index (χ1v) is 5.57. The van der Waals surface area contributed by atoms with E-state index in [0.717, 1.165) is 17.8 Å². The first-order chi connectivity index (χ1) is 8.22. The molecule has 1 heterocycles. The van der Waals surface area contributed by atoms with E-state index in [2.05, 4.69) is 20.7 Å². The Labute approximate surface area is 99.2 Å². The third-order valence-electron chi connectivity index (χ3n) is 2.67. The molecule has 0 aliphatic rings. The molecule has 1 unspecified atom stereocenters. The average molecular weight is 234 g/mol. The summed E-state index contributed by atoms with van der Waals surface area (Å²) in [6, 6.07) is 5.08. The molecule has 1 aromatic carbocycles. The van der Waals surface area contributed by atoms with E-state index in [1.54, 1.807) is 19.2 Å². The molecule has 0 aliphatic heterocycles. The average Bonchev–Trinajstić information content (AvgIpc) is 2.83. The van der Waals surface area contributed by atoms with E-state index in [4.69, 9.17) is 0 Å². The van der Waals surface area contributed by atoms with Crippen molar-refractivity contribution in [3.8, 4) is 0 Å². The lowest BCUT2D eigenvalue weighted by Gasteiger charge is -2.16. The van der Waals surface area contributed by atoms with E-state index in [0.29, 0.717) is 5.56 Å². The van der Waals surface area contributed by atoms with Crippen LogP contribution in [0.4, 0.5) is 4.39 Å². The van der Waals surface area contributed by atoms with Gasteiger partial charge in [0.15, 0.2) is 0 Å². The number of aryl methyl sites for hydroxylation is 1. The Hall–Kier alpha value is -1.75. The third-order valence-corrected chi connectivity index (χ3v) is 2.67. The minimum absolute atomic E-state index is 0.131. The lowest BCUT2D eigenvalue weighted by Crippen LogP contribution is -2.22. The van der Waals surface area contributed by atoms with Crippen LogP contribution in [0, 0.1) is 12.7 Å². The molecule has 0 saturated carbocycles. The molecule has 0 saturated heterocycles. The van der Waals surface area contributed by atoms with Crippen LogP contribution in [0.3, 0.4) is 0 Å². The fourth-order valence-electron chi connectivity index (χ4n) is 1.74. The number of rotatable bonds is 4. The Balaban J connectivity index is 2.35. The molecule has 1 atom stereocenters. The fourth-order valence-corrected chi connectivity index (χ4v) is 1.74. The van der Waals surface area contributed by atoms with Gasteiger partial charge in [-0.1, -0.05) is 19.1 Å². The van der Waals surface area contributed by atoms with Crippen molar-refractivity contribution in [2.24, 2.45) is 0 Å². The van der Waals surface area contributed by atoms with Crippen molar-refractivity contribution in [2.75, 3.05) is 6.54 Å². The second-order valence-corrected chi connectivity index (χ2v) is 3.89. The van der Waals surface area contributed by atoms with E-state index >= 15 is 0 Å². The first kappa shape index (κ1) is 11.7. The second kappa shape index (κ2) is 5.05. The van der Waals surface area contributed by atoms with Gasteiger partial charge in [-0.05, 0) is 30.7 Å². The molecule has 1 aromatic heterocycles. The quantitative estimate of drug-likeness (QED) is 0.850. The first-order valence-electron chi connectivity index (χ1n) is 5.57. The monoisotopic (exact) mass is 234 g/mol. The summed E-state index contributed by atoms with van der Waals surface area (Å²) in [4.78, 5) is 0. The van der Waals surface area contributed by atoms with Gasteiger partial charge in [-0.25, -0.2) is 4.39 Å². The highest BCUT2D eigenvalue weighted by atomic mass is 19.1. The smallest absolute Gasteiger partial charge is 0.126 e. The van der Waals surface area contributed by atoms with Gasteiger partial charge in [-0.2, -0.15) is 15.4 Å². The van der Waals surface area contributed by atoms with Crippen LogP contribution in [0.5, 0.6) is 0 Å². The highest BCUT2D eigenvalue weighted by Crippen LogP contribution is 2.21. The highest BCUT2D eigenvalue weighted by Gasteiger charge is 2.16. The topological polar surface area (TPSA) is 53.6 Å². The molecule has 0 radical (unpaired) electrons. The van der Waals surface area contributed by atoms with Gasteiger partial charge in [0.25, 0.3) is 0 Å². The summed E-state index contributed by atoms with van der Waals surface area (Å²) in [6.45, 7) is 4.52. The van der Waals surface area contributed by atoms with Crippen molar-refractivity contribution in [2.45, 2.75) is 19.9 Å². The number of benzene rings is 1. The minimum Gasteiger partial charge on any atom is -0.305 e. The molecule has 17 heavy (non-hydrogen) atoms. The zero-order chi connectivity index (χ0) is 12.3. The molecule has 5 heteroatoms. The number of hydrogen-bond acceptors (Lipinski definition) is 3. The molecule has 0 spiro atoms. The summed E-state index contributed by atoms with van der Waals surface area (Å²) >= 11 is 0. The van der Waals surface area contributed by atoms with Gasteiger partial charge < -0.3 is 5.32 Å². The van der Waals surface area contributed by atoms with Crippen molar-refractivity contribution in [1.29, 1.82) is 0 Å². The number of H-pyrrole nitrogens is 1. The van der Waals surface area contributed by atoms with Crippen LogP contribution in [0.25, 0.3) is 0 Å². The van der Waals surface area contributed by atoms with Crippen molar-refractivity contribution in [1.82, 2.24) is 20.7 Å². The van der Waals surface area contributed by atoms with Crippen LogP contribution in [-0.2, 0) is 0 Å². The summed E-state index contributed by atoms with van der Waals surface area (Å²) in [6.07, 6.45) is 1.64. The van der Waals surface area contributed by atoms with Crippen LogP contribution < -0.4 is 5.32 Å². The standard InChI is InChI=1S/C12H15FN4/c1-3-14-12(11-7-15-17-16-11)9-5-4-8(2)10(13)6-9/h4-7,12,14H,3H2,1-2H3,(H,15,16,17). The Kier molecular flexibility index (Phi) is 3.49. The van der Waals surface area contributed by atoms with Crippen molar-refractivity contribution < 1.29 is 4.39 Å². The number of aromatic amines is 1. The number of nitrogens with one attached hydrogen (secondary N) is 2. The summed E-state index contributed by atoms with van der Waals surface area (Å²) < 4.78 is 13.5. The van der Waals surface area contributed by atoms with Crippen LogP contribution in [0.1, 0.15) is 29.8 Å². The van der Waals surface area contributed by atoms with Crippen molar-refractivity contribution in [3.63, 3.8) is 0 Å². The molecule has 0 amide bonds. The normalized spacial score (nSPS) is 12.6. The SMILES string of the molecule is CCNC(c1ccc(C)c(F)c1)c1cn[nH]n1. The molecular formula is C12H15FN4. The predicted molar refractivity (Wildman–Crippen MR) is 63.0 cm³/mol. The third kappa shape index (κ3) is 2.50. The van der Waals surface area contributed by atoms with E-state index < -0.39 is 0 Å². The molecule has 0 aliphatic carbocycles. The number of hydrogen-bond donors (Lipinski definition) is 2. The van der Waals surface area contributed by atoms with Crippen molar-refractivity contribution in [3.05, 3.63) is 47.0 Å². The highest BCUT2D eigenvalue weighted by molar-refractivity contribution is 5.30. The maximum atomic E-state index is 13.5. The van der Waals surface area contributed by atoms with Crippen molar-refractivity contribution >= 4 is 0 Å². The van der Waals surface area contributed by atoms with Gasteiger partial charge in [0.1, 0.15) is 11.5 Å². The fraction of sp³-hybridized carbons (Fsp3) is 0.333. The van der Waals surface area contributed by atoms with Gasteiger partial charge in [-0.3, -0.25) is 0 Å². The molecule has 2 N–H and O–H groups in total. The van der Waals surface area contributed by atoms with Crippen LogP contribution in [0.15, 0.2) is 24.4 Å².